The van der Waals surface area contributed by atoms with Crippen LogP contribution in [0.1, 0.15) is 58.1 Å². The molecule has 0 unspecified atom stereocenters. The van der Waals surface area contributed by atoms with Gasteiger partial charge in [0.15, 0.2) is 11.6 Å². The van der Waals surface area contributed by atoms with Crippen molar-refractivity contribution >= 4 is 23.5 Å². The molecule has 6 heteroatoms. The summed E-state index contributed by atoms with van der Waals surface area (Å²) in [6.45, 7) is 1.74. The first-order valence-corrected chi connectivity index (χ1v) is 11.0. The van der Waals surface area contributed by atoms with E-state index in [1.165, 1.54) is 13.2 Å². The maximum absolute atomic E-state index is 12.3. The summed E-state index contributed by atoms with van der Waals surface area (Å²) in [5.41, 5.74) is 2.66. The lowest BCUT2D eigenvalue weighted by Crippen LogP contribution is -2.11. The smallest absolute Gasteiger partial charge is 0.338 e. The van der Waals surface area contributed by atoms with Crippen molar-refractivity contribution in [2.24, 2.45) is 0 Å². The van der Waals surface area contributed by atoms with Crippen LogP contribution in [0.2, 0.25) is 0 Å². The Morgan fingerprint density at radius 3 is 1.58 bits per heavy atom. The highest BCUT2D eigenvalue weighted by Gasteiger charge is 2.20. The fraction of sp³-hybridized carbons (Fsp3) is 0.0667. The van der Waals surface area contributed by atoms with E-state index in [0.29, 0.717) is 22.3 Å². The third-order valence-electron chi connectivity index (χ3n) is 5.38. The molecule has 6 nitrogen and oxygen atoms in total. The van der Waals surface area contributed by atoms with Crippen LogP contribution in [0, 0.1) is 6.92 Å². The van der Waals surface area contributed by atoms with E-state index in [9.17, 15) is 19.2 Å². The highest BCUT2D eigenvalue weighted by atomic mass is 16.5. The van der Waals surface area contributed by atoms with Crippen LogP contribution in [0.4, 0.5) is 0 Å². The van der Waals surface area contributed by atoms with Crippen LogP contribution in [0.5, 0.6) is 0 Å². The Labute approximate surface area is 208 Å². The molecule has 0 aliphatic rings. The van der Waals surface area contributed by atoms with E-state index in [2.05, 4.69) is 4.74 Å². The Bertz CT molecular complexity index is 1390. The summed E-state index contributed by atoms with van der Waals surface area (Å²) in [4.78, 5) is 47.4. The number of aromatic carboxylic acids is 1. The first-order chi connectivity index (χ1) is 17.3. The van der Waals surface area contributed by atoms with Crippen molar-refractivity contribution in [3.05, 3.63) is 142 Å². The summed E-state index contributed by atoms with van der Waals surface area (Å²) in [6.07, 6.45) is 0. The third-order valence-corrected chi connectivity index (χ3v) is 5.38. The standard InChI is InChI=1S/2C15H12O3/c1-18-15(17)13-10-6-5-9-12(13)14(16)11-7-3-2-4-8-11;1-10-6-5-9-12(15(17)18)13(10)14(16)11-7-3-2-4-8-11/h2-10H,1H3;2-9H,1H3,(H,17,18). The zero-order valence-electron chi connectivity index (χ0n) is 19.8. The van der Waals surface area contributed by atoms with Crippen molar-refractivity contribution in [2.75, 3.05) is 7.11 Å². The number of carboxylic acids is 1. The molecule has 0 amide bonds. The predicted molar refractivity (Wildman–Crippen MR) is 136 cm³/mol. The average molecular weight is 481 g/mol. The zero-order chi connectivity index (χ0) is 26.1. The number of esters is 1. The maximum atomic E-state index is 12.3. The monoisotopic (exact) mass is 480 g/mol. The van der Waals surface area contributed by atoms with E-state index >= 15 is 0 Å². The Hall–Kier alpha value is -4.84. The van der Waals surface area contributed by atoms with Crippen LogP contribution in [-0.4, -0.2) is 35.7 Å². The van der Waals surface area contributed by atoms with Crippen LogP contribution >= 0.6 is 0 Å². The SMILES string of the molecule is COC(=O)c1ccccc1C(=O)c1ccccc1.Cc1cccc(C(=O)O)c1C(=O)c1ccccc1. The summed E-state index contributed by atoms with van der Waals surface area (Å²) in [5.74, 6) is -2.03. The van der Waals surface area contributed by atoms with E-state index in [-0.39, 0.29) is 28.3 Å². The normalized spacial score (nSPS) is 9.94. The van der Waals surface area contributed by atoms with E-state index in [1.807, 2.05) is 12.1 Å². The number of hydrogen-bond donors (Lipinski definition) is 1. The molecule has 180 valence electrons. The number of benzene rings is 4. The molecule has 0 bridgehead atoms. The number of hydrogen-bond acceptors (Lipinski definition) is 5. The second kappa shape index (κ2) is 12.0. The molecule has 0 spiro atoms. The number of carbonyl (C=O) groups is 4. The van der Waals surface area contributed by atoms with Gasteiger partial charge in [0, 0.05) is 22.3 Å². The van der Waals surface area contributed by atoms with Gasteiger partial charge in [0.25, 0.3) is 0 Å². The van der Waals surface area contributed by atoms with Gasteiger partial charge in [-0.15, -0.1) is 0 Å². The molecule has 0 heterocycles. The summed E-state index contributed by atoms with van der Waals surface area (Å²) in [6, 6.07) is 29.0. The lowest BCUT2D eigenvalue weighted by atomic mass is 9.94. The van der Waals surface area contributed by atoms with Crippen LogP contribution in [-0.2, 0) is 4.74 Å². The van der Waals surface area contributed by atoms with Gasteiger partial charge in [-0.2, -0.15) is 0 Å². The molecule has 0 aliphatic heterocycles. The third kappa shape index (κ3) is 5.98. The van der Waals surface area contributed by atoms with Gasteiger partial charge in [0.1, 0.15) is 0 Å². The molecule has 0 fully saturated rings. The molecule has 4 aromatic rings. The number of ether oxygens (including phenoxy) is 1. The Morgan fingerprint density at radius 2 is 1.06 bits per heavy atom. The molecule has 1 N–H and O–H groups in total. The quantitative estimate of drug-likeness (QED) is 0.284. The number of carboxylic acid groups (broad SMARTS) is 1. The average Bonchev–Trinajstić information content (AvgIpc) is 2.93. The van der Waals surface area contributed by atoms with Crippen LogP contribution in [0.25, 0.3) is 0 Å². The number of carbonyl (C=O) groups excluding carboxylic acids is 3. The summed E-state index contributed by atoms with van der Waals surface area (Å²) in [5, 5.41) is 9.13. The van der Waals surface area contributed by atoms with E-state index < -0.39 is 11.9 Å². The molecule has 0 atom stereocenters. The molecule has 0 aliphatic carbocycles. The van der Waals surface area contributed by atoms with E-state index in [4.69, 9.17) is 5.11 Å². The largest absolute Gasteiger partial charge is 0.478 e. The van der Waals surface area contributed by atoms with Gasteiger partial charge in [0.05, 0.1) is 18.2 Å². The minimum absolute atomic E-state index is 0.0452. The first kappa shape index (κ1) is 25.8. The second-order valence-corrected chi connectivity index (χ2v) is 7.73. The van der Waals surface area contributed by atoms with Gasteiger partial charge < -0.3 is 9.84 Å². The topological polar surface area (TPSA) is 97.7 Å². The van der Waals surface area contributed by atoms with Gasteiger partial charge in [-0.1, -0.05) is 91.0 Å². The Morgan fingerprint density at radius 1 is 0.583 bits per heavy atom. The fourth-order valence-corrected chi connectivity index (χ4v) is 3.60. The summed E-state index contributed by atoms with van der Waals surface area (Å²) >= 11 is 0. The van der Waals surface area contributed by atoms with Crippen LogP contribution in [0.15, 0.2) is 103 Å². The van der Waals surface area contributed by atoms with Crippen molar-refractivity contribution in [1.29, 1.82) is 0 Å². The molecular formula is C30H24O6. The Balaban J connectivity index is 0.000000201. The summed E-state index contributed by atoms with van der Waals surface area (Å²) < 4.78 is 4.67. The van der Waals surface area contributed by atoms with Crippen molar-refractivity contribution in [3.63, 3.8) is 0 Å². The molecule has 4 aromatic carbocycles. The number of methoxy groups -OCH3 is 1. The van der Waals surface area contributed by atoms with E-state index in [0.717, 1.165) is 0 Å². The van der Waals surface area contributed by atoms with Gasteiger partial charge in [0.2, 0.25) is 0 Å². The van der Waals surface area contributed by atoms with Crippen LogP contribution < -0.4 is 0 Å². The molecule has 0 radical (unpaired) electrons. The number of ketones is 2. The minimum Gasteiger partial charge on any atom is -0.478 e. The van der Waals surface area contributed by atoms with Crippen molar-refractivity contribution in [1.82, 2.24) is 0 Å². The molecule has 36 heavy (non-hydrogen) atoms. The molecule has 0 aromatic heterocycles. The van der Waals surface area contributed by atoms with Gasteiger partial charge >= 0.3 is 11.9 Å². The number of rotatable bonds is 6. The highest BCUT2D eigenvalue weighted by Crippen LogP contribution is 2.19. The summed E-state index contributed by atoms with van der Waals surface area (Å²) in [7, 11) is 1.30. The predicted octanol–water partition coefficient (Wildman–Crippen LogP) is 5.63. The maximum Gasteiger partial charge on any atom is 0.338 e. The molecule has 0 saturated carbocycles. The lowest BCUT2D eigenvalue weighted by Gasteiger charge is -2.08. The van der Waals surface area contributed by atoms with Crippen molar-refractivity contribution < 1.29 is 29.0 Å². The minimum atomic E-state index is -1.09. The van der Waals surface area contributed by atoms with Crippen LogP contribution in [0.3, 0.4) is 0 Å². The fourth-order valence-electron chi connectivity index (χ4n) is 3.60. The number of aryl methyl sites for hydroxylation is 1. The van der Waals surface area contributed by atoms with Gasteiger partial charge in [-0.25, -0.2) is 9.59 Å². The van der Waals surface area contributed by atoms with Gasteiger partial charge in [-0.05, 0) is 24.6 Å². The van der Waals surface area contributed by atoms with Crippen molar-refractivity contribution in [3.8, 4) is 0 Å². The Kier molecular flexibility index (Phi) is 8.62. The first-order valence-electron chi connectivity index (χ1n) is 11.0. The molecular weight excluding hydrogens is 456 g/mol. The second-order valence-electron chi connectivity index (χ2n) is 7.73. The highest BCUT2D eigenvalue weighted by molar-refractivity contribution is 6.15. The zero-order valence-corrected chi connectivity index (χ0v) is 19.8. The molecule has 4 rings (SSSR count). The van der Waals surface area contributed by atoms with Gasteiger partial charge in [-0.3, -0.25) is 9.59 Å². The lowest BCUT2D eigenvalue weighted by molar-refractivity contribution is 0.0596. The van der Waals surface area contributed by atoms with E-state index in [1.54, 1.807) is 91.9 Å². The van der Waals surface area contributed by atoms with Crippen molar-refractivity contribution in [2.45, 2.75) is 6.92 Å². The molecule has 0 saturated heterocycles.